The van der Waals surface area contributed by atoms with E-state index in [0.29, 0.717) is 13.1 Å². The van der Waals surface area contributed by atoms with E-state index < -0.39 is 0 Å². The molecule has 0 radical (unpaired) electrons. The molecule has 0 aliphatic carbocycles. The average molecular weight is 377 g/mol. The molecule has 1 heterocycles. The summed E-state index contributed by atoms with van der Waals surface area (Å²) in [5, 5.41) is 3.08. The van der Waals surface area contributed by atoms with Crippen LogP contribution in [0.1, 0.15) is 30.9 Å². The highest BCUT2D eigenvalue weighted by atomic mass is 16.2. The molecule has 150 valence electrons. The third-order valence-electron chi connectivity index (χ3n) is 5.49. The number of rotatable bonds is 8. The number of piperazine rings is 1. The van der Waals surface area contributed by atoms with Crippen LogP contribution in [0.15, 0.2) is 18.2 Å². The van der Waals surface area contributed by atoms with Crippen LogP contribution in [0.3, 0.4) is 0 Å². The molecular formula is C21H36N4O2+2. The monoisotopic (exact) mass is 376 g/mol. The van der Waals surface area contributed by atoms with Gasteiger partial charge in [-0.2, -0.15) is 0 Å². The standard InChI is InChI=1S/C21H34N4O2/c1-5-6-10-23(4)20(27)16-25-13-11-24(12-14-25)15-19(26)22-21-17(2)8-7-9-18(21)3/h7-9H,5-6,10-16H2,1-4H3,(H,22,26)/p+2. The maximum Gasteiger partial charge on any atom is 0.279 e. The van der Waals surface area contributed by atoms with Crippen molar-refractivity contribution < 1.29 is 19.4 Å². The van der Waals surface area contributed by atoms with Gasteiger partial charge in [0.2, 0.25) is 0 Å². The molecule has 1 aliphatic rings. The number of carbonyl (C=O) groups is 2. The second kappa shape index (κ2) is 10.4. The van der Waals surface area contributed by atoms with Gasteiger partial charge in [0, 0.05) is 19.3 Å². The van der Waals surface area contributed by atoms with E-state index in [9.17, 15) is 9.59 Å². The molecule has 2 amide bonds. The Morgan fingerprint density at radius 2 is 1.59 bits per heavy atom. The highest BCUT2D eigenvalue weighted by Gasteiger charge is 2.27. The SMILES string of the molecule is CCCCN(C)C(=O)C[NH+]1CC[NH+](CC(=O)Nc2c(C)cccc2C)CC1. The van der Waals surface area contributed by atoms with Crippen molar-refractivity contribution in [2.24, 2.45) is 0 Å². The first-order valence-electron chi connectivity index (χ1n) is 10.2. The van der Waals surface area contributed by atoms with Crippen LogP contribution < -0.4 is 15.1 Å². The first kappa shape index (κ1) is 21.4. The molecule has 3 N–H and O–H groups in total. The Bertz CT molecular complexity index is 619. The van der Waals surface area contributed by atoms with Gasteiger partial charge >= 0.3 is 0 Å². The van der Waals surface area contributed by atoms with Crippen LogP contribution in [0.5, 0.6) is 0 Å². The number of nitrogens with one attached hydrogen (secondary N) is 3. The van der Waals surface area contributed by atoms with Crippen molar-refractivity contribution >= 4 is 17.5 Å². The van der Waals surface area contributed by atoms with Gasteiger partial charge in [-0.25, -0.2) is 0 Å². The zero-order valence-electron chi connectivity index (χ0n) is 17.4. The number of para-hydroxylation sites is 1. The molecule has 6 heteroatoms. The number of aryl methyl sites for hydroxylation is 2. The van der Waals surface area contributed by atoms with E-state index >= 15 is 0 Å². The van der Waals surface area contributed by atoms with E-state index in [-0.39, 0.29) is 11.8 Å². The minimum absolute atomic E-state index is 0.0706. The predicted octanol–water partition coefficient (Wildman–Crippen LogP) is -0.716. The molecule has 27 heavy (non-hydrogen) atoms. The van der Waals surface area contributed by atoms with Crippen molar-refractivity contribution in [3.05, 3.63) is 29.3 Å². The molecule has 1 fully saturated rings. The van der Waals surface area contributed by atoms with Gasteiger partial charge in [-0.15, -0.1) is 0 Å². The van der Waals surface area contributed by atoms with E-state index in [1.807, 2.05) is 44.0 Å². The molecule has 0 aromatic heterocycles. The topological polar surface area (TPSA) is 58.3 Å². The van der Waals surface area contributed by atoms with Gasteiger partial charge in [0.05, 0.1) is 0 Å². The number of nitrogens with zero attached hydrogens (tertiary/aromatic N) is 1. The largest absolute Gasteiger partial charge is 0.341 e. The van der Waals surface area contributed by atoms with Gasteiger partial charge in [-0.1, -0.05) is 31.5 Å². The number of unbranched alkanes of at least 4 members (excludes halogenated alkanes) is 1. The fourth-order valence-electron chi connectivity index (χ4n) is 3.60. The lowest BCUT2D eigenvalue weighted by atomic mass is 10.1. The first-order chi connectivity index (χ1) is 12.9. The Hall–Kier alpha value is -1.92. The number of benzene rings is 1. The Labute approximate surface area is 163 Å². The molecule has 1 aliphatic heterocycles. The van der Waals surface area contributed by atoms with Crippen molar-refractivity contribution in [3.63, 3.8) is 0 Å². The second-order valence-corrected chi connectivity index (χ2v) is 7.84. The molecule has 1 saturated heterocycles. The van der Waals surface area contributed by atoms with E-state index in [0.717, 1.165) is 62.4 Å². The van der Waals surface area contributed by atoms with Gasteiger partial charge in [-0.3, -0.25) is 9.59 Å². The summed E-state index contributed by atoms with van der Waals surface area (Å²) in [4.78, 5) is 29.2. The third-order valence-corrected chi connectivity index (χ3v) is 5.49. The van der Waals surface area contributed by atoms with Crippen molar-refractivity contribution in [2.45, 2.75) is 33.6 Å². The quantitative estimate of drug-likeness (QED) is 0.561. The lowest BCUT2D eigenvalue weighted by Crippen LogP contribution is -3.28. The van der Waals surface area contributed by atoms with Crippen LogP contribution >= 0.6 is 0 Å². The number of carbonyl (C=O) groups excluding carboxylic acids is 2. The number of hydrogen-bond donors (Lipinski definition) is 3. The van der Waals surface area contributed by atoms with Crippen molar-refractivity contribution in [2.75, 3.05) is 58.2 Å². The second-order valence-electron chi connectivity index (χ2n) is 7.84. The fourth-order valence-corrected chi connectivity index (χ4v) is 3.60. The van der Waals surface area contributed by atoms with Crippen LogP contribution in [-0.4, -0.2) is 69.6 Å². The van der Waals surface area contributed by atoms with Gasteiger partial charge in [-0.05, 0) is 31.4 Å². The first-order valence-corrected chi connectivity index (χ1v) is 10.2. The summed E-state index contributed by atoms with van der Waals surface area (Å²) in [5.74, 6) is 0.302. The van der Waals surface area contributed by atoms with Gasteiger partial charge in [0.25, 0.3) is 11.8 Å². The summed E-state index contributed by atoms with van der Waals surface area (Å²) in [6.07, 6.45) is 2.17. The Balaban J connectivity index is 1.74. The van der Waals surface area contributed by atoms with E-state index in [1.165, 1.54) is 9.80 Å². The van der Waals surface area contributed by atoms with Crippen LogP contribution in [0, 0.1) is 13.8 Å². The zero-order chi connectivity index (χ0) is 19.8. The molecule has 0 unspecified atom stereocenters. The molecular weight excluding hydrogens is 340 g/mol. The molecule has 1 aromatic carbocycles. The normalized spacial score (nSPS) is 19.6. The summed E-state index contributed by atoms with van der Waals surface area (Å²) in [6.45, 7) is 11.8. The lowest BCUT2D eigenvalue weighted by molar-refractivity contribution is -1.00. The van der Waals surface area contributed by atoms with Gasteiger partial charge < -0.3 is 20.0 Å². The number of anilines is 1. The summed E-state index contributed by atoms with van der Waals surface area (Å²) in [6, 6.07) is 6.05. The van der Waals surface area contributed by atoms with E-state index in [1.54, 1.807) is 0 Å². The Morgan fingerprint density at radius 1 is 1.04 bits per heavy atom. The number of amides is 2. The predicted molar refractivity (Wildman–Crippen MR) is 108 cm³/mol. The molecule has 1 aromatic rings. The molecule has 0 bridgehead atoms. The van der Waals surface area contributed by atoms with Gasteiger partial charge in [0.15, 0.2) is 13.1 Å². The summed E-state index contributed by atoms with van der Waals surface area (Å²) in [7, 11) is 1.90. The average Bonchev–Trinajstić information content (AvgIpc) is 2.64. The van der Waals surface area contributed by atoms with Crippen LogP contribution in [-0.2, 0) is 9.59 Å². The third kappa shape index (κ3) is 6.63. The maximum atomic E-state index is 12.4. The maximum absolute atomic E-state index is 12.4. The van der Waals surface area contributed by atoms with E-state index in [2.05, 4.69) is 12.2 Å². The molecule has 2 rings (SSSR count). The smallest absolute Gasteiger partial charge is 0.279 e. The highest BCUT2D eigenvalue weighted by molar-refractivity contribution is 5.93. The minimum Gasteiger partial charge on any atom is -0.341 e. The number of hydrogen-bond acceptors (Lipinski definition) is 2. The van der Waals surface area contributed by atoms with E-state index in [4.69, 9.17) is 0 Å². The highest BCUT2D eigenvalue weighted by Crippen LogP contribution is 2.18. The fraction of sp³-hybridized carbons (Fsp3) is 0.619. The Kier molecular flexibility index (Phi) is 8.25. The minimum atomic E-state index is 0.0706. The Morgan fingerprint density at radius 3 is 2.15 bits per heavy atom. The molecule has 0 spiro atoms. The van der Waals surface area contributed by atoms with Crippen LogP contribution in [0.2, 0.25) is 0 Å². The molecule has 0 atom stereocenters. The summed E-state index contributed by atoms with van der Waals surface area (Å²) >= 11 is 0. The van der Waals surface area contributed by atoms with Crippen molar-refractivity contribution in [1.82, 2.24) is 4.90 Å². The lowest BCUT2D eigenvalue weighted by Gasteiger charge is -2.30. The van der Waals surface area contributed by atoms with Gasteiger partial charge in [0.1, 0.15) is 26.2 Å². The molecule has 6 nitrogen and oxygen atoms in total. The van der Waals surface area contributed by atoms with Crippen LogP contribution in [0.25, 0.3) is 0 Å². The summed E-state index contributed by atoms with van der Waals surface area (Å²) in [5.41, 5.74) is 3.13. The van der Waals surface area contributed by atoms with Crippen molar-refractivity contribution in [3.8, 4) is 0 Å². The number of likely N-dealkylation sites (N-methyl/N-ethyl adjacent to an activating group) is 1. The van der Waals surface area contributed by atoms with Crippen LogP contribution in [0.4, 0.5) is 5.69 Å². The number of quaternary nitrogens is 2. The van der Waals surface area contributed by atoms with Crippen molar-refractivity contribution in [1.29, 1.82) is 0 Å². The molecule has 0 saturated carbocycles. The summed E-state index contributed by atoms with van der Waals surface area (Å²) < 4.78 is 0. The zero-order valence-corrected chi connectivity index (χ0v) is 17.4.